The van der Waals surface area contributed by atoms with Crippen LogP contribution in [-0.2, 0) is 0 Å². The lowest BCUT2D eigenvalue weighted by atomic mass is 10.1. The van der Waals surface area contributed by atoms with Gasteiger partial charge in [0, 0.05) is 30.2 Å². The number of benzene rings is 1. The number of hydrogen-bond acceptors (Lipinski definition) is 10. The lowest BCUT2D eigenvalue weighted by molar-refractivity contribution is -0.00512. The summed E-state index contributed by atoms with van der Waals surface area (Å²) in [4.78, 5) is 9.45. The van der Waals surface area contributed by atoms with Crippen LogP contribution in [0.1, 0.15) is 49.3 Å². The second-order valence-corrected chi connectivity index (χ2v) is 10.5. The number of rotatable bonds is 9. The third kappa shape index (κ3) is 4.57. The zero-order chi connectivity index (χ0) is 24.7. The van der Waals surface area contributed by atoms with Gasteiger partial charge in [0.25, 0.3) is 0 Å². The minimum absolute atomic E-state index is 0.200. The first-order valence-electron chi connectivity index (χ1n) is 12.1. The second-order valence-electron chi connectivity index (χ2n) is 9.46. The minimum Gasteiger partial charge on any atom is -0.496 e. The number of aromatic nitrogens is 5. The summed E-state index contributed by atoms with van der Waals surface area (Å²) >= 11 is 1.56. The average molecular weight is 501 g/mol. The molecule has 3 aromatic rings. The summed E-state index contributed by atoms with van der Waals surface area (Å²) in [6.07, 6.45) is 0.288. The first kappa shape index (κ1) is 24.2. The molecule has 188 valence electrons. The minimum atomic E-state index is -1.05. The third-order valence-corrected chi connectivity index (χ3v) is 8.07. The molecular weight excluding hydrogens is 468 g/mol. The molecule has 0 saturated heterocycles. The van der Waals surface area contributed by atoms with Crippen LogP contribution in [0.2, 0.25) is 0 Å². The maximum Gasteiger partial charge on any atom is 0.191 e. The van der Waals surface area contributed by atoms with E-state index in [1.807, 2.05) is 13.0 Å². The van der Waals surface area contributed by atoms with Crippen LogP contribution in [0, 0.1) is 12.8 Å². The molecule has 2 aliphatic carbocycles. The number of aliphatic hydroxyl groups is 3. The number of aliphatic hydroxyl groups excluding tert-OH is 3. The first-order chi connectivity index (χ1) is 16.9. The summed E-state index contributed by atoms with van der Waals surface area (Å²) < 4.78 is 6.97. The van der Waals surface area contributed by atoms with Crippen molar-refractivity contribution in [3.63, 3.8) is 0 Å². The normalized spacial score (nSPS) is 27.9. The zero-order valence-electron chi connectivity index (χ0n) is 20.1. The Kier molecular flexibility index (Phi) is 6.84. The molecule has 1 aromatic carbocycles. The van der Waals surface area contributed by atoms with Crippen LogP contribution in [0.3, 0.4) is 0 Å². The lowest BCUT2D eigenvalue weighted by Gasteiger charge is -2.17. The predicted molar refractivity (Wildman–Crippen MR) is 133 cm³/mol. The van der Waals surface area contributed by atoms with Crippen LogP contribution in [0.25, 0.3) is 11.2 Å². The van der Waals surface area contributed by atoms with Crippen LogP contribution in [0.5, 0.6) is 5.75 Å². The maximum absolute atomic E-state index is 10.6. The molecule has 6 atom stereocenters. The molecule has 2 fully saturated rings. The SMILES string of the molecule is CCCSc1nc(NC2CC2c2ccc(OC)c(C)c2)c2nnn(C3CC(CO)C(O)C3O)c2n1. The van der Waals surface area contributed by atoms with Gasteiger partial charge >= 0.3 is 0 Å². The van der Waals surface area contributed by atoms with Crippen molar-refractivity contribution in [1.29, 1.82) is 0 Å². The Labute approximate surface area is 208 Å². The molecule has 0 radical (unpaired) electrons. The topological polar surface area (TPSA) is 138 Å². The van der Waals surface area contributed by atoms with Crippen LogP contribution in [-0.4, -0.2) is 78.0 Å². The number of anilines is 1. The Hall–Kier alpha value is -2.47. The number of hydrogen-bond donors (Lipinski definition) is 4. The molecule has 4 N–H and O–H groups in total. The van der Waals surface area contributed by atoms with Crippen LogP contribution < -0.4 is 10.1 Å². The summed E-state index contributed by atoms with van der Waals surface area (Å²) in [5, 5.41) is 43.3. The van der Waals surface area contributed by atoms with Crippen LogP contribution in [0.4, 0.5) is 5.82 Å². The Morgan fingerprint density at radius 2 is 2.03 bits per heavy atom. The quantitative estimate of drug-likeness (QED) is 0.256. The molecule has 2 aromatic heterocycles. The van der Waals surface area contributed by atoms with Crippen molar-refractivity contribution < 1.29 is 20.1 Å². The Morgan fingerprint density at radius 3 is 2.71 bits per heavy atom. The zero-order valence-corrected chi connectivity index (χ0v) is 20.9. The van der Waals surface area contributed by atoms with E-state index >= 15 is 0 Å². The van der Waals surface area contributed by atoms with Crippen molar-refractivity contribution in [3.05, 3.63) is 29.3 Å². The number of nitrogens with one attached hydrogen (secondary N) is 1. The van der Waals surface area contributed by atoms with Gasteiger partial charge in [0.2, 0.25) is 0 Å². The molecular formula is C24H32N6O4S. The molecule has 0 spiro atoms. The van der Waals surface area contributed by atoms with Gasteiger partial charge in [-0.2, -0.15) is 0 Å². The maximum atomic E-state index is 10.6. The Bertz CT molecular complexity index is 1210. The second kappa shape index (κ2) is 9.88. The number of aryl methyl sites for hydroxylation is 1. The van der Waals surface area contributed by atoms with Crippen molar-refractivity contribution >= 4 is 28.7 Å². The standard InChI is InChI=1S/C24H32N6O4S/c1-4-7-35-24-26-22(25-16-10-15(16)13-5-6-18(34-3)12(2)8-13)19-23(27-24)30(29-28-19)17-9-14(11-31)20(32)21(17)33/h5-6,8,14-17,20-21,31-33H,4,7,9-11H2,1-3H3,(H,25,26,27). The van der Waals surface area contributed by atoms with Crippen molar-refractivity contribution in [2.45, 2.75) is 68.5 Å². The van der Waals surface area contributed by atoms with E-state index in [1.54, 1.807) is 23.6 Å². The van der Waals surface area contributed by atoms with Crippen molar-refractivity contribution in [3.8, 4) is 5.75 Å². The summed E-state index contributed by atoms with van der Waals surface area (Å²) in [7, 11) is 1.68. The molecule has 0 amide bonds. The van der Waals surface area contributed by atoms with E-state index in [0.717, 1.165) is 29.9 Å². The predicted octanol–water partition coefficient (Wildman–Crippen LogP) is 2.28. The molecule has 5 rings (SSSR count). The van der Waals surface area contributed by atoms with Gasteiger partial charge in [0.15, 0.2) is 22.1 Å². The van der Waals surface area contributed by atoms with E-state index in [2.05, 4.69) is 34.7 Å². The average Bonchev–Trinajstić information content (AvgIpc) is 3.40. The van der Waals surface area contributed by atoms with Gasteiger partial charge in [0.1, 0.15) is 11.9 Å². The van der Waals surface area contributed by atoms with Gasteiger partial charge in [-0.15, -0.1) is 5.10 Å². The van der Waals surface area contributed by atoms with Gasteiger partial charge in [-0.1, -0.05) is 36.0 Å². The van der Waals surface area contributed by atoms with Crippen LogP contribution >= 0.6 is 11.8 Å². The van der Waals surface area contributed by atoms with E-state index in [0.29, 0.717) is 34.5 Å². The van der Waals surface area contributed by atoms with E-state index in [-0.39, 0.29) is 12.6 Å². The molecule has 2 heterocycles. The molecule has 2 saturated carbocycles. The number of nitrogens with zero attached hydrogens (tertiary/aromatic N) is 5. The molecule has 2 aliphatic rings. The summed E-state index contributed by atoms with van der Waals surface area (Å²) in [5.74, 6) is 2.34. The number of ether oxygens (including phenoxy) is 1. The van der Waals surface area contributed by atoms with E-state index < -0.39 is 24.2 Å². The molecule has 0 aliphatic heterocycles. The smallest absolute Gasteiger partial charge is 0.191 e. The Balaban J connectivity index is 1.44. The van der Waals surface area contributed by atoms with E-state index in [1.165, 1.54) is 5.56 Å². The lowest BCUT2D eigenvalue weighted by Crippen LogP contribution is -2.30. The molecule has 0 bridgehead atoms. The van der Waals surface area contributed by atoms with Gasteiger partial charge in [-0.05, 0) is 43.4 Å². The van der Waals surface area contributed by atoms with Gasteiger partial charge in [0.05, 0.1) is 19.3 Å². The van der Waals surface area contributed by atoms with Gasteiger partial charge < -0.3 is 25.4 Å². The molecule has 11 heteroatoms. The number of thioether (sulfide) groups is 1. The number of fused-ring (bicyclic) bond motifs is 1. The van der Waals surface area contributed by atoms with E-state index in [9.17, 15) is 15.3 Å². The summed E-state index contributed by atoms with van der Waals surface area (Å²) in [6, 6.07) is 5.98. The monoisotopic (exact) mass is 500 g/mol. The first-order valence-corrected chi connectivity index (χ1v) is 13.1. The molecule has 6 unspecified atom stereocenters. The van der Waals surface area contributed by atoms with Gasteiger partial charge in [-0.3, -0.25) is 0 Å². The molecule has 35 heavy (non-hydrogen) atoms. The van der Waals surface area contributed by atoms with Crippen LogP contribution in [0.15, 0.2) is 23.4 Å². The third-order valence-electron chi connectivity index (χ3n) is 7.02. The Morgan fingerprint density at radius 1 is 1.20 bits per heavy atom. The fourth-order valence-corrected chi connectivity index (χ4v) is 5.64. The van der Waals surface area contributed by atoms with Crippen molar-refractivity contribution in [2.24, 2.45) is 5.92 Å². The number of methoxy groups -OCH3 is 1. The fraction of sp³-hybridized carbons (Fsp3) is 0.583. The van der Waals surface area contributed by atoms with Gasteiger partial charge in [-0.25, -0.2) is 14.6 Å². The summed E-state index contributed by atoms with van der Waals surface area (Å²) in [5.41, 5.74) is 3.43. The highest BCUT2D eigenvalue weighted by Crippen LogP contribution is 2.44. The fourth-order valence-electron chi connectivity index (χ4n) is 4.95. The van der Waals surface area contributed by atoms with Crippen molar-refractivity contribution in [1.82, 2.24) is 25.0 Å². The highest BCUT2D eigenvalue weighted by atomic mass is 32.2. The largest absolute Gasteiger partial charge is 0.496 e. The van der Waals surface area contributed by atoms with Crippen molar-refractivity contribution in [2.75, 3.05) is 24.8 Å². The summed E-state index contributed by atoms with van der Waals surface area (Å²) in [6.45, 7) is 3.95. The highest BCUT2D eigenvalue weighted by molar-refractivity contribution is 7.99. The molecule has 10 nitrogen and oxygen atoms in total. The van der Waals surface area contributed by atoms with E-state index in [4.69, 9.17) is 14.7 Å². The highest BCUT2D eigenvalue weighted by Gasteiger charge is 2.44.